The topological polar surface area (TPSA) is 80.8 Å². The number of carbonyl (C=O) groups is 1. The lowest BCUT2D eigenvalue weighted by atomic mass is 9.58. The second-order valence-corrected chi connectivity index (χ2v) is 9.59. The Morgan fingerprint density at radius 2 is 2.07 bits per heavy atom. The highest BCUT2D eigenvalue weighted by Crippen LogP contribution is 2.81. The van der Waals surface area contributed by atoms with Crippen LogP contribution in [0.3, 0.4) is 0 Å². The molecule has 27 heavy (non-hydrogen) atoms. The summed E-state index contributed by atoms with van der Waals surface area (Å²) < 4.78 is 24.4. The zero-order chi connectivity index (χ0) is 19.1. The van der Waals surface area contributed by atoms with Crippen LogP contribution in [0.15, 0.2) is 23.3 Å². The molecule has 3 aliphatic carbocycles. The molecule has 0 unspecified atom stereocenters. The average molecular weight is 374 g/mol. The third-order valence-corrected chi connectivity index (χ3v) is 8.48. The van der Waals surface area contributed by atoms with Crippen LogP contribution in [-0.4, -0.2) is 53.0 Å². The minimum atomic E-state index is -1.07. The van der Waals surface area contributed by atoms with E-state index < -0.39 is 28.7 Å². The molecule has 6 aliphatic rings. The largest absolute Gasteiger partial charge is 0.426 e. The van der Waals surface area contributed by atoms with Crippen LogP contribution in [0.2, 0.25) is 0 Å². The van der Waals surface area contributed by atoms with Crippen LogP contribution in [0.25, 0.3) is 0 Å². The highest BCUT2D eigenvalue weighted by atomic mass is 16.7. The van der Waals surface area contributed by atoms with Crippen LogP contribution >= 0.6 is 0 Å². The third kappa shape index (κ3) is 1.46. The van der Waals surface area contributed by atoms with Crippen molar-refractivity contribution in [1.82, 2.24) is 0 Å². The normalized spacial score (nSPS) is 60.0. The highest BCUT2D eigenvalue weighted by Gasteiger charge is 2.95. The van der Waals surface area contributed by atoms with E-state index in [1.807, 2.05) is 6.92 Å². The number of esters is 1. The summed E-state index contributed by atoms with van der Waals surface area (Å²) in [6.07, 6.45) is 1.34. The van der Waals surface area contributed by atoms with E-state index in [1.165, 1.54) is 0 Å². The maximum absolute atomic E-state index is 12.5. The van der Waals surface area contributed by atoms with Gasteiger partial charge >= 0.3 is 5.97 Å². The first-order valence-electron chi connectivity index (χ1n) is 9.92. The fourth-order valence-electron chi connectivity index (χ4n) is 7.33. The van der Waals surface area contributed by atoms with Crippen molar-refractivity contribution in [3.05, 3.63) is 23.3 Å². The predicted octanol–water partition coefficient (Wildman–Crippen LogP) is 1.86. The summed E-state index contributed by atoms with van der Waals surface area (Å²) in [7, 11) is 1.59. The van der Waals surface area contributed by atoms with Gasteiger partial charge in [0.2, 0.25) is 5.79 Å². The lowest BCUT2D eigenvalue weighted by Gasteiger charge is -2.41. The Morgan fingerprint density at radius 3 is 2.78 bits per heavy atom. The maximum Gasteiger partial charge on any atom is 0.336 e. The van der Waals surface area contributed by atoms with Crippen molar-refractivity contribution in [1.29, 1.82) is 0 Å². The van der Waals surface area contributed by atoms with Gasteiger partial charge < -0.3 is 24.1 Å². The molecule has 0 aromatic carbocycles. The Bertz CT molecular complexity index is 848. The van der Waals surface area contributed by atoms with E-state index in [9.17, 15) is 9.90 Å². The van der Waals surface area contributed by atoms with E-state index in [2.05, 4.69) is 20.4 Å². The summed E-state index contributed by atoms with van der Waals surface area (Å²) in [5.41, 5.74) is 0.944. The van der Waals surface area contributed by atoms with E-state index in [0.717, 1.165) is 17.6 Å². The molecule has 0 bridgehead atoms. The van der Waals surface area contributed by atoms with E-state index in [0.29, 0.717) is 18.4 Å². The molecule has 9 atom stereocenters. The molecule has 2 saturated heterocycles. The minimum absolute atomic E-state index is 0.0812. The number of aliphatic hydroxyl groups excluding tert-OH is 1. The Morgan fingerprint density at radius 1 is 1.33 bits per heavy atom. The molecule has 0 radical (unpaired) electrons. The zero-order valence-electron chi connectivity index (χ0n) is 16.2. The van der Waals surface area contributed by atoms with Crippen molar-refractivity contribution >= 4 is 5.97 Å². The van der Waals surface area contributed by atoms with Crippen molar-refractivity contribution in [2.24, 2.45) is 17.8 Å². The Hall–Kier alpha value is -1.21. The van der Waals surface area contributed by atoms with Gasteiger partial charge in [-0.3, -0.25) is 0 Å². The van der Waals surface area contributed by atoms with Crippen LogP contribution in [0, 0.1) is 17.8 Å². The first-order chi connectivity index (χ1) is 12.7. The molecule has 6 nitrogen and oxygen atoms in total. The van der Waals surface area contributed by atoms with Crippen LogP contribution in [0.1, 0.15) is 40.0 Å². The fourth-order valence-corrected chi connectivity index (χ4v) is 7.33. The maximum atomic E-state index is 12.5. The van der Waals surface area contributed by atoms with Gasteiger partial charge in [0.15, 0.2) is 0 Å². The molecule has 0 spiro atoms. The Balaban J connectivity index is 1.61. The van der Waals surface area contributed by atoms with E-state index >= 15 is 0 Å². The smallest absolute Gasteiger partial charge is 0.336 e. The molecule has 5 fully saturated rings. The van der Waals surface area contributed by atoms with E-state index in [-0.39, 0.29) is 29.8 Å². The monoisotopic (exact) mass is 374 g/mol. The molecule has 146 valence electrons. The fraction of sp³-hybridized carbons (Fsp3) is 0.762. The summed E-state index contributed by atoms with van der Waals surface area (Å²) in [4.78, 5) is 12.5. The SMILES string of the molecule is C=C1CC[C@]2(OC)OC(=O)C(C)=C2[C@@H]2[C@@H]1[C@@]13O[C@@]1(C[C@@H](C)[C@H]3O)[C@H]1O[C@@]21C. The van der Waals surface area contributed by atoms with Crippen LogP contribution in [-0.2, 0) is 23.7 Å². The average Bonchev–Trinajstić information content (AvgIpc) is 3.47. The molecule has 3 aliphatic heterocycles. The van der Waals surface area contributed by atoms with Crippen LogP contribution in [0.5, 0.6) is 0 Å². The summed E-state index contributed by atoms with van der Waals surface area (Å²) in [6.45, 7) is 10.4. The molecule has 3 heterocycles. The van der Waals surface area contributed by atoms with Gasteiger partial charge in [0.25, 0.3) is 0 Å². The molecular weight excluding hydrogens is 348 g/mol. The lowest BCUT2D eigenvalue weighted by Crippen LogP contribution is -2.55. The van der Waals surface area contributed by atoms with Crippen molar-refractivity contribution in [2.45, 2.75) is 74.8 Å². The number of rotatable bonds is 1. The van der Waals surface area contributed by atoms with E-state index in [1.54, 1.807) is 7.11 Å². The zero-order valence-corrected chi connectivity index (χ0v) is 16.2. The van der Waals surface area contributed by atoms with Gasteiger partial charge in [-0.15, -0.1) is 0 Å². The van der Waals surface area contributed by atoms with Crippen molar-refractivity contribution in [3.63, 3.8) is 0 Å². The summed E-state index contributed by atoms with van der Waals surface area (Å²) >= 11 is 0. The standard InChI is InChI=1S/C21H26O6/c1-9-6-7-20(24-5)13(11(3)16(23)25-20)14-12(9)21-15(22)10(2)8-19(21,27-21)17-18(14,4)26-17/h10,12,14-15,17,22H,1,6-8H2,2-5H3/t10-,12-,14+,15-,17+,18+,19+,20+,21+/m1/s1. The van der Waals surface area contributed by atoms with Gasteiger partial charge in [-0.1, -0.05) is 19.1 Å². The molecule has 0 aromatic heterocycles. The second-order valence-electron chi connectivity index (χ2n) is 9.59. The number of epoxide rings is 2. The van der Waals surface area contributed by atoms with Gasteiger partial charge in [-0.05, 0) is 32.6 Å². The third-order valence-electron chi connectivity index (χ3n) is 8.48. The summed E-state index contributed by atoms with van der Waals surface area (Å²) in [5, 5.41) is 11.2. The van der Waals surface area contributed by atoms with Gasteiger partial charge in [0, 0.05) is 36.5 Å². The van der Waals surface area contributed by atoms with Gasteiger partial charge in [-0.25, -0.2) is 4.79 Å². The van der Waals surface area contributed by atoms with Gasteiger partial charge in [0.05, 0.1) is 6.10 Å². The first kappa shape index (κ1) is 16.7. The molecular formula is C21H26O6. The van der Waals surface area contributed by atoms with E-state index in [4.69, 9.17) is 18.9 Å². The molecule has 6 heteroatoms. The Labute approximate surface area is 158 Å². The predicted molar refractivity (Wildman–Crippen MR) is 93.5 cm³/mol. The summed E-state index contributed by atoms with van der Waals surface area (Å²) in [5.74, 6) is -1.52. The molecule has 6 rings (SSSR count). The molecule has 0 aromatic rings. The van der Waals surface area contributed by atoms with Gasteiger partial charge in [-0.2, -0.15) is 0 Å². The lowest BCUT2D eigenvalue weighted by molar-refractivity contribution is -0.196. The molecule has 0 amide bonds. The van der Waals surface area contributed by atoms with Crippen molar-refractivity contribution in [2.75, 3.05) is 7.11 Å². The number of fused-ring (bicyclic) bond motifs is 5. The number of hydrogen-bond donors (Lipinski definition) is 1. The number of hydrogen-bond acceptors (Lipinski definition) is 6. The number of aliphatic hydroxyl groups is 1. The number of methoxy groups -OCH3 is 1. The van der Waals surface area contributed by atoms with Gasteiger partial charge in [0.1, 0.15) is 22.9 Å². The quantitative estimate of drug-likeness (QED) is 0.429. The van der Waals surface area contributed by atoms with Crippen molar-refractivity contribution in [3.8, 4) is 0 Å². The van der Waals surface area contributed by atoms with Crippen LogP contribution < -0.4 is 0 Å². The molecule has 1 N–H and O–H groups in total. The van der Waals surface area contributed by atoms with Crippen LogP contribution in [0.4, 0.5) is 0 Å². The summed E-state index contributed by atoms with van der Waals surface area (Å²) in [6, 6.07) is 0. The molecule has 3 saturated carbocycles. The minimum Gasteiger partial charge on any atom is -0.426 e. The number of ether oxygens (including phenoxy) is 4. The Kier molecular flexibility index (Phi) is 2.69. The first-order valence-corrected chi connectivity index (χ1v) is 9.92. The number of carbonyl (C=O) groups excluding carboxylic acids is 1. The highest BCUT2D eigenvalue weighted by molar-refractivity contribution is 5.92. The second kappa shape index (κ2) is 4.35. The van der Waals surface area contributed by atoms with Crippen molar-refractivity contribution < 1.29 is 28.8 Å².